The van der Waals surface area contributed by atoms with Gasteiger partial charge >= 0.3 is 5.97 Å². The van der Waals surface area contributed by atoms with Crippen molar-refractivity contribution >= 4 is 23.5 Å². The lowest BCUT2D eigenvalue weighted by Gasteiger charge is -2.10. The maximum absolute atomic E-state index is 13.0. The maximum Gasteiger partial charge on any atom is 0.339 e. The van der Waals surface area contributed by atoms with E-state index in [1.807, 2.05) is 48.9 Å². The number of aromatic amines is 1. The molecule has 152 valence electrons. The summed E-state index contributed by atoms with van der Waals surface area (Å²) in [7, 11) is 3.23. The van der Waals surface area contributed by atoms with Crippen molar-refractivity contribution in [1.29, 1.82) is 0 Å². The molecule has 0 radical (unpaired) electrons. The van der Waals surface area contributed by atoms with Gasteiger partial charge in [0.05, 0.1) is 23.6 Å². The van der Waals surface area contributed by atoms with Crippen LogP contribution in [0.25, 0.3) is 0 Å². The topological polar surface area (TPSA) is 89.9 Å². The van der Waals surface area contributed by atoms with Gasteiger partial charge in [-0.05, 0) is 31.9 Å². The number of carbonyl (C=O) groups is 2. The van der Waals surface area contributed by atoms with Gasteiger partial charge in [-0.1, -0.05) is 42.1 Å². The summed E-state index contributed by atoms with van der Waals surface area (Å²) in [6.07, 6.45) is 0.671. The van der Waals surface area contributed by atoms with Crippen molar-refractivity contribution in [2.24, 2.45) is 7.05 Å². The first kappa shape index (κ1) is 20.9. The average molecular weight is 413 g/mol. The summed E-state index contributed by atoms with van der Waals surface area (Å²) in [6.45, 7) is 5.33. The first-order valence-electron chi connectivity index (χ1n) is 9.24. The Morgan fingerprint density at radius 1 is 1.21 bits per heavy atom. The molecule has 1 atom stereocenters. The number of H-pyrrole nitrogens is 1. The summed E-state index contributed by atoms with van der Waals surface area (Å²) in [5.74, 6) is 0.283. The van der Waals surface area contributed by atoms with Gasteiger partial charge in [-0.25, -0.2) is 4.79 Å². The number of aryl methyl sites for hydroxylation is 1. The summed E-state index contributed by atoms with van der Waals surface area (Å²) in [6, 6.07) is 10.0. The van der Waals surface area contributed by atoms with Crippen LogP contribution in [0.1, 0.15) is 50.4 Å². The van der Waals surface area contributed by atoms with Gasteiger partial charge < -0.3 is 14.3 Å². The van der Waals surface area contributed by atoms with Crippen LogP contribution in [0.4, 0.5) is 0 Å². The quantitative estimate of drug-likeness (QED) is 0.363. The van der Waals surface area contributed by atoms with Crippen LogP contribution in [-0.4, -0.2) is 43.9 Å². The van der Waals surface area contributed by atoms with Crippen molar-refractivity contribution in [3.05, 3.63) is 64.2 Å². The molecule has 0 aliphatic rings. The Kier molecular flexibility index (Phi) is 6.22. The molecule has 3 aromatic rings. The number of hydrogen-bond donors (Lipinski definition) is 1. The molecule has 1 N–H and O–H groups in total. The molecule has 1 aromatic carbocycles. The molecule has 0 unspecified atom stereocenters. The Bertz CT molecular complexity index is 1040. The zero-order valence-electron chi connectivity index (χ0n) is 17.1. The molecule has 0 saturated heterocycles. The number of methoxy groups -OCH3 is 1. The Hall–Kier alpha value is -2.87. The zero-order valence-corrected chi connectivity index (χ0v) is 18.0. The number of carbonyl (C=O) groups excluding carboxylic acids is 2. The standard InChI is InChI=1S/C21H24N4O3S/c1-12-17(20(27)28-5)13(2)22-18(12)19(26)14(3)29-21-24-23-16(25(21)4)11-15-9-7-6-8-10-15/h6-10,14,22H,11H2,1-5H3/t14-/m0/s1. The number of benzene rings is 1. The van der Waals surface area contributed by atoms with Crippen LogP contribution in [-0.2, 0) is 18.2 Å². The van der Waals surface area contributed by atoms with Gasteiger partial charge in [0.2, 0.25) is 0 Å². The summed E-state index contributed by atoms with van der Waals surface area (Å²) in [5.41, 5.74) is 3.22. The number of hydrogen-bond acceptors (Lipinski definition) is 6. The van der Waals surface area contributed by atoms with Crippen molar-refractivity contribution in [3.8, 4) is 0 Å². The highest BCUT2D eigenvalue weighted by molar-refractivity contribution is 8.00. The fourth-order valence-electron chi connectivity index (χ4n) is 3.20. The predicted molar refractivity (Wildman–Crippen MR) is 112 cm³/mol. The third-order valence-corrected chi connectivity index (χ3v) is 5.99. The summed E-state index contributed by atoms with van der Waals surface area (Å²) in [5, 5.41) is 8.81. The predicted octanol–water partition coefficient (Wildman–Crippen LogP) is 3.50. The van der Waals surface area contributed by atoms with Crippen LogP contribution in [0.3, 0.4) is 0 Å². The van der Waals surface area contributed by atoms with E-state index in [1.165, 1.54) is 18.9 Å². The van der Waals surface area contributed by atoms with E-state index in [4.69, 9.17) is 4.74 Å². The Morgan fingerprint density at radius 2 is 1.90 bits per heavy atom. The fraction of sp³-hybridized carbons (Fsp3) is 0.333. The van der Waals surface area contributed by atoms with E-state index in [1.54, 1.807) is 13.8 Å². The van der Waals surface area contributed by atoms with Crippen LogP contribution in [0.15, 0.2) is 35.5 Å². The molecule has 0 amide bonds. The number of thioether (sulfide) groups is 1. The average Bonchev–Trinajstić information content (AvgIpc) is 3.20. The third kappa shape index (κ3) is 4.27. The fourth-order valence-corrected chi connectivity index (χ4v) is 4.09. The Balaban J connectivity index is 1.76. The van der Waals surface area contributed by atoms with Gasteiger partial charge in [0.25, 0.3) is 0 Å². The number of aromatic nitrogens is 4. The van der Waals surface area contributed by atoms with E-state index in [2.05, 4.69) is 15.2 Å². The SMILES string of the molecule is COC(=O)c1c(C)[nH]c(C(=O)[C@H](C)Sc2nnc(Cc3ccccc3)n2C)c1C. The largest absolute Gasteiger partial charge is 0.465 e. The van der Waals surface area contributed by atoms with Crippen molar-refractivity contribution in [2.75, 3.05) is 7.11 Å². The minimum Gasteiger partial charge on any atom is -0.465 e. The molecule has 0 fully saturated rings. The molecular formula is C21H24N4O3S. The zero-order chi connectivity index (χ0) is 21.1. The van der Waals surface area contributed by atoms with Crippen molar-refractivity contribution in [1.82, 2.24) is 19.7 Å². The summed E-state index contributed by atoms with van der Waals surface area (Å²) >= 11 is 1.35. The van der Waals surface area contributed by atoms with E-state index >= 15 is 0 Å². The molecule has 0 aliphatic carbocycles. The molecule has 2 heterocycles. The lowest BCUT2D eigenvalue weighted by molar-refractivity contribution is 0.0599. The Labute approximate surface area is 173 Å². The molecule has 3 rings (SSSR count). The molecule has 7 nitrogen and oxygen atoms in total. The highest BCUT2D eigenvalue weighted by atomic mass is 32.2. The van der Waals surface area contributed by atoms with Crippen LogP contribution in [0.5, 0.6) is 0 Å². The number of ketones is 1. The van der Waals surface area contributed by atoms with E-state index in [-0.39, 0.29) is 5.78 Å². The van der Waals surface area contributed by atoms with E-state index in [0.717, 1.165) is 11.4 Å². The number of Topliss-reactive ketones (excluding diaryl/α,β-unsaturated/α-hetero) is 1. The van der Waals surface area contributed by atoms with Crippen LogP contribution >= 0.6 is 11.8 Å². The van der Waals surface area contributed by atoms with Gasteiger partial charge in [0.1, 0.15) is 5.82 Å². The molecule has 0 spiro atoms. The van der Waals surface area contributed by atoms with E-state index < -0.39 is 11.2 Å². The van der Waals surface area contributed by atoms with Gasteiger partial charge in [0, 0.05) is 19.2 Å². The second kappa shape index (κ2) is 8.65. The minimum atomic E-state index is -0.450. The Morgan fingerprint density at radius 3 is 2.55 bits per heavy atom. The lowest BCUT2D eigenvalue weighted by Crippen LogP contribution is -2.16. The molecule has 0 aliphatic heterocycles. The molecule has 8 heteroatoms. The normalized spacial score (nSPS) is 12.0. The molecule has 29 heavy (non-hydrogen) atoms. The number of nitrogens with zero attached hydrogens (tertiary/aromatic N) is 3. The van der Waals surface area contributed by atoms with Gasteiger partial charge in [-0.15, -0.1) is 10.2 Å². The highest BCUT2D eigenvalue weighted by Gasteiger charge is 2.27. The third-order valence-electron chi connectivity index (χ3n) is 4.85. The second-order valence-corrected chi connectivity index (χ2v) is 8.17. The van der Waals surface area contributed by atoms with Gasteiger partial charge in [-0.2, -0.15) is 0 Å². The summed E-state index contributed by atoms with van der Waals surface area (Å²) in [4.78, 5) is 28.0. The van der Waals surface area contributed by atoms with E-state index in [0.29, 0.717) is 34.1 Å². The van der Waals surface area contributed by atoms with Gasteiger partial charge in [0.15, 0.2) is 10.9 Å². The minimum absolute atomic E-state index is 0.0987. The number of nitrogens with one attached hydrogen (secondary N) is 1. The van der Waals surface area contributed by atoms with Crippen LogP contribution in [0.2, 0.25) is 0 Å². The van der Waals surface area contributed by atoms with Crippen LogP contribution in [0, 0.1) is 13.8 Å². The van der Waals surface area contributed by atoms with E-state index in [9.17, 15) is 9.59 Å². The van der Waals surface area contributed by atoms with Crippen molar-refractivity contribution < 1.29 is 14.3 Å². The van der Waals surface area contributed by atoms with Crippen molar-refractivity contribution in [3.63, 3.8) is 0 Å². The van der Waals surface area contributed by atoms with Crippen molar-refractivity contribution in [2.45, 2.75) is 37.6 Å². The first-order valence-corrected chi connectivity index (χ1v) is 10.1. The smallest absolute Gasteiger partial charge is 0.339 e. The number of rotatable bonds is 7. The highest BCUT2D eigenvalue weighted by Crippen LogP contribution is 2.27. The molecule has 2 aromatic heterocycles. The van der Waals surface area contributed by atoms with Crippen LogP contribution < -0.4 is 0 Å². The lowest BCUT2D eigenvalue weighted by atomic mass is 10.1. The molecule has 0 bridgehead atoms. The maximum atomic E-state index is 13.0. The first-order chi connectivity index (χ1) is 13.8. The monoisotopic (exact) mass is 412 g/mol. The van der Waals surface area contributed by atoms with Gasteiger partial charge in [-0.3, -0.25) is 4.79 Å². The second-order valence-electron chi connectivity index (χ2n) is 6.86. The molecule has 0 saturated carbocycles. The molecular weight excluding hydrogens is 388 g/mol. The number of esters is 1. The summed E-state index contributed by atoms with van der Waals surface area (Å²) < 4.78 is 6.73. The number of ether oxygens (including phenoxy) is 1.